The quantitative estimate of drug-likeness (QED) is 0.834. The first kappa shape index (κ1) is 16.5. The molecule has 0 spiro atoms. The highest BCUT2D eigenvalue weighted by Gasteiger charge is 2.37. The fourth-order valence-electron chi connectivity index (χ4n) is 3.03. The van der Waals surface area contributed by atoms with Crippen molar-refractivity contribution >= 4 is 11.9 Å². The second kappa shape index (κ2) is 6.92. The standard InChI is InChI=1S/C17H24N2O3/c1-17(18)9-4-3-8-14(17)15(20)19-11-12-6-5-7-13(10-12)16(21)22-2/h5-7,10,14H,3-4,8-9,11,18H2,1-2H3,(H,19,20). The second-order valence-electron chi connectivity index (χ2n) is 6.21. The van der Waals surface area contributed by atoms with Crippen LogP contribution >= 0.6 is 0 Å². The van der Waals surface area contributed by atoms with E-state index in [1.54, 1.807) is 18.2 Å². The molecular weight excluding hydrogens is 280 g/mol. The minimum Gasteiger partial charge on any atom is -0.465 e. The number of esters is 1. The number of amides is 1. The van der Waals surface area contributed by atoms with Crippen molar-refractivity contribution in [2.45, 2.75) is 44.7 Å². The number of hydrogen-bond donors (Lipinski definition) is 2. The van der Waals surface area contributed by atoms with Crippen molar-refractivity contribution < 1.29 is 14.3 Å². The van der Waals surface area contributed by atoms with Gasteiger partial charge in [0, 0.05) is 12.1 Å². The molecule has 2 unspecified atom stereocenters. The van der Waals surface area contributed by atoms with Crippen molar-refractivity contribution in [3.8, 4) is 0 Å². The van der Waals surface area contributed by atoms with Gasteiger partial charge in [0.25, 0.3) is 0 Å². The Balaban J connectivity index is 1.98. The molecule has 5 heteroatoms. The summed E-state index contributed by atoms with van der Waals surface area (Å²) in [6.45, 7) is 2.34. The Labute approximate surface area is 131 Å². The van der Waals surface area contributed by atoms with Gasteiger partial charge in [0.15, 0.2) is 0 Å². The van der Waals surface area contributed by atoms with Crippen molar-refractivity contribution in [1.29, 1.82) is 0 Å². The van der Waals surface area contributed by atoms with Crippen molar-refractivity contribution in [3.05, 3.63) is 35.4 Å². The number of rotatable bonds is 4. The number of hydrogen-bond acceptors (Lipinski definition) is 4. The van der Waals surface area contributed by atoms with Gasteiger partial charge in [-0.2, -0.15) is 0 Å². The molecule has 2 rings (SSSR count). The predicted octanol–water partition coefficient (Wildman–Crippen LogP) is 2.00. The molecule has 1 aliphatic rings. The summed E-state index contributed by atoms with van der Waals surface area (Å²) in [5.74, 6) is -0.534. The number of nitrogens with one attached hydrogen (secondary N) is 1. The summed E-state index contributed by atoms with van der Waals surface area (Å²) < 4.78 is 4.70. The van der Waals surface area contributed by atoms with Gasteiger partial charge in [-0.15, -0.1) is 0 Å². The van der Waals surface area contributed by atoms with Gasteiger partial charge in [0.2, 0.25) is 5.91 Å². The molecule has 0 bridgehead atoms. The molecule has 1 aromatic rings. The second-order valence-corrected chi connectivity index (χ2v) is 6.21. The molecule has 1 fully saturated rings. The zero-order valence-corrected chi connectivity index (χ0v) is 13.2. The third kappa shape index (κ3) is 3.85. The van der Waals surface area contributed by atoms with E-state index in [2.05, 4.69) is 5.32 Å². The summed E-state index contributed by atoms with van der Waals surface area (Å²) in [5, 5.41) is 2.94. The molecule has 0 saturated heterocycles. The van der Waals surface area contributed by atoms with E-state index in [1.165, 1.54) is 7.11 Å². The van der Waals surface area contributed by atoms with Gasteiger partial charge >= 0.3 is 5.97 Å². The Hall–Kier alpha value is -1.88. The summed E-state index contributed by atoms with van der Waals surface area (Å²) in [5.41, 5.74) is 7.17. The van der Waals surface area contributed by atoms with Crippen LogP contribution in [0.5, 0.6) is 0 Å². The molecule has 1 saturated carbocycles. The van der Waals surface area contributed by atoms with Crippen molar-refractivity contribution in [3.63, 3.8) is 0 Å². The van der Waals surface area contributed by atoms with E-state index in [0.717, 1.165) is 31.2 Å². The highest BCUT2D eigenvalue weighted by Crippen LogP contribution is 2.31. The average molecular weight is 304 g/mol. The number of ether oxygens (including phenoxy) is 1. The van der Waals surface area contributed by atoms with Crippen molar-refractivity contribution in [2.75, 3.05) is 7.11 Å². The first-order valence-corrected chi connectivity index (χ1v) is 7.68. The average Bonchev–Trinajstić information content (AvgIpc) is 2.51. The van der Waals surface area contributed by atoms with Crippen LogP contribution in [0.1, 0.15) is 48.5 Å². The largest absolute Gasteiger partial charge is 0.465 e. The Kier molecular flexibility index (Phi) is 5.19. The molecule has 0 heterocycles. The third-order valence-electron chi connectivity index (χ3n) is 4.39. The lowest BCUT2D eigenvalue weighted by Crippen LogP contribution is -2.52. The summed E-state index contributed by atoms with van der Waals surface area (Å²) in [6.07, 6.45) is 3.84. The van der Waals surface area contributed by atoms with E-state index in [4.69, 9.17) is 10.5 Å². The minimum absolute atomic E-state index is 0.00632. The van der Waals surface area contributed by atoms with E-state index in [0.29, 0.717) is 12.1 Å². The summed E-state index contributed by atoms with van der Waals surface area (Å²) in [6, 6.07) is 7.07. The lowest BCUT2D eigenvalue weighted by atomic mass is 9.74. The fraction of sp³-hybridized carbons (Fsp3) is 0.529. The normalized spacial score (nSPS) is 24.6. The Morgan fingerprint density at radius 3 is 2.86 bits per heavy atom. The zero-order valence-electron chi connectivity index (χ0n) is 13.2. The number of carbonyl (C=O) groups excluding carboxylic acids is 2. The highest BCUT2D eigenvalue weighted by molar-refractivity contribution is 5.89. The van der Waals surface area contributed by atoms with Crippen LogP contribution in [0, 0.1) is 5.92 Å². The fourth-order valence-corrected chi connectivity index (χ4v) is 3.03. The van der Waals surface area contributed by atoms with Gasteiger partial charge in [-0.25, -0.2) is 4.79 Å². The van der Waals surface area contributed by atoms with Gasteiger partial charge in [-0.05, 0) is 37.5 Å². The molecule has 22 heavy (non-hydrogen) atoms. The van der Waals surface area contributed by atoms with E-state index in [9.17, 15) is 9.59 Å². The molecule has 0 aliphatic heterocycles. The maximum absolute atomic E-state index is 12.4. The van der Waals surface area contributed by atoms with Gasteiger partial charge in [-0.1, -0.05) is 25.0 Å². The molecule has 1 aliphatic carbocycles. The lowest BCUT2D eigenvalue weighted by molar-refractivity contribution is -0.128. The van der Waals surface area contributed by atoms with Crippen LogP contribution in [0.15, 0.2) is 24.3 Å². The summed E-state index contributed by atoms with van der Waals surface area (Å²) in [7, 11) is 1.35. The van der Waals surface area contributed by atoms with Crippen LogP contribution in [-0.2, 0) is 16.1 Å². The molecule has 0 radical (unpaired) electrons. The van der Waals surface area contributed by atoms with Crippen LogP contribution in [0.2, 0.25) is 0 Å². The van der Waals surface area contributed by atoms with Crippen LogP contribution in [0.4, 0.5) is 0 Å². The zero-order chi connectivity index (χ0) is 16.2. The summed E-state index contributed by atoms with van der Waals surface area (Å²) in [4.78, 5) is 23.9. The molecule has 1 aromatic carbocycles. The highest BCUT2D eigenvalue weighted by atomic mass is 16.5. The molecule has 3 N–H and O–H groups in total. The minimum atomic E-state index is -0.434. The molecule has 2 atom stereocenters. The van der Waals surface area contributed by atoms with Crippen molar-refractivity contribution in [2.24, 2.45) is 11.7 Å². The van der Waals surface area contributed by atoms with Crippen molar-refractivity contribution in [1.82, 2.24) is 5.32 Å². The van der Waals surface area contributed by atoms with Crippen LogP contribution in [-0.4, -0.2) is 24.5 Å². The van der Waals surface area contributed by atoms with Gasteiger partial charge in [0.1, 0.15) is 0 Å². The monoisotopic (exact) mass is 304 g/mol. The predicted molar refractivity (Wildman–Crippen MR) is 84.2 cm³/mol. The maximum atomic E-state index is 12.4. The lowest BCUT2D eigenvalue weighted by Gasteiger charge is -2.37. The molecule has 5 nitrogen and oxygen atoms in total. The van der Waals surface area contributed by atoms with E-state index >= 15 is 0 Å². The first-order chi connectivity index (χ1) is 10.4. The van der Waals surface area contributed by atoms with Gasteiger partial charge < -0.3 is 15.8 Å². The third-order valence-corrected chi connectivity index (χ3v) is 4.39. The van der Waals surface area contributed by atoms with Crippen LogP contribution in [0.25, 0.3) is 0 Å². The number of benzene rings is 1. The Morgan fingerprint density at radius 1 is 1.41 bits per heavy atom. The molecule has 120 valence electrons. The van der Waals surface area contributed by atoms with E-state index in [1.807, 2.05) is 13.0 Å². The summed E-state index contributed by atoms with van der Waals surface area (Å²) >= 11 is 0. The molecule has 0 aromatic heterocycles. The first-order valence-electron chi connectivity index (χ1n) is 7.68. The number of carbonyl (C=O) groups is 2. The Morgan fingerprint density at radius 2 is 2.18 bits per heavy atom. The number of methoxy groups -OCH3 is 1. The van der Waals surface area contributed by atoms with Crippen LogP contribution < -0.4 is 11.1 Å². The Bertz CT molecular complexity index is 555. The van der Waals surface area contributed by atoms with E-state index in [-0.39, 0.29) is 17.8 Å². The number of nitrogens with two attached hydrogens (primary N) is 1. The van der Waals surface area contributed by atoms with Gasteiger partial charge in [-0.3, -0.25) is 4.79 Å². The molecule has 1 amide bonds. The SMILES string of the molecule is COC(=O)c1cccc(CNC(=O)C2CCCCC2(C)N)c1. The van der Waals surface area contributed by atoms with E-state index < -0.39 is 5.54 Å². The smallest absolute Gasteiger partial charge is 0.337 e. The topological polar surface area (TPSA) is 81.4 Å². The maximum Gasteiger partial charge on any atom is 0.337 e. The van der Waals surface area contributed by atoms with Crippen LogP contribution in [0.3, 0.4) is 0 Å². The molecular formula is C17H24N2O3. The van der Waals surface area contributed by atoms with Gasteiger partial charge in [0.05, 0.1) is 18.6 Å².